The summed E-state index contributed by atoms with van der Waals surface area (Å²) in [5.41, 5.74) is 4.16. The Balaban J connectivity index is 0.00000112. The van der Waals surface area contributed by atoms with Crippen molar-refractivity contribution in [3.63, 3.8) is 0 Å². The Kier molecular flexibility index (Phi) is 7.05. The molecule has 5 rings (SSSR count). The van der Waals surface area contributed by atoms with Crippen LogP contribution in [0.5, 0.6) is 11.5 Å². The zero-order chi connectivity index (χ0) is 17.4. The number of rotatable bonds is 2. The third-order valence-electron chi connectivity index (χ3n) is 5.09. The van der Waals surface area contributed by atoms with Crippen LogP contribution in [-0.4, -0.2) is 0 Å². The second-order valence-electron chi connectivity index (χ2n) is 6.43. The first-order valence-electron chi connectivity index (χ1n) is 8.71. The van der Waals surface area contributed by atoms with E-state index in [4.69, 9.17) is 4.74 Å². The van der Waals surface area contributed by atoms with Gasteiger partial charge in [-0.05, 0) is 5.41 Å². The van der Waals surface area contributed by atoms with Crippen molar-refractivity contribution in [2.45, 2.75) is 5.41 Å². The summed E-state index contributed by atoms with van der Waals surface area (Å²) in [6.07, 6.45) is 0. The van der Waals surface area contributed by atoms with Crippen LogP contribution in [0.25, 0.3) is 0 Å². The Bertz CT molecular complexity index is 975. The van der Waals surface area contributed by atoms with E-state index in [0.29, 0.717) is 0 Å². The van der Waals surface area contributed by atoms with Gasteiger partial charge in [0.15, 0.2) is 0 Å². The van der Waals surface area contributed by atoms with Crippen molar-refractivity contribution in [3.05, 3.63) is 131 Å². The molecule has 1 aliphatic heterocycles. The normalized spacial score (nSPS) is 13.0. The topological polar surface area (TPSA) is 9.23 Å². The van der Waals surface area contributed by atoms with Crippen LogP contribution >= 0.6 is 0 Å². The van der Waals surface area contributed by atoms with Crippen molar-refractivity contribution in [1.29, 1.82) is 0 Å². The standard InChI is InChI=1S/C25H16O.2Y/c1-3-11-19(12-4-1)25(20-13-5-2-6-14-20)21-15-7-9-17-23(21)26-24-18-10-8-16-22(24)25;;/h1-6,9-18H;;/q-2;;. The fraction of sp³-hybridized carbons (Fsp3) is 0.0400. The molecular formula is C25H16OY2-2. The second kappa shape index (κ2) is 9.14. The first-order chi connectivity index (χ1) is 12.9. The average molecular weight is 510 g/mol. The molecule has 0 aromatic heterocycles. The molecule has 0 spiro atoms. The molecule has 4 aromatic rings. The van der Waals surface area contributed by atoms with Gasteiger partial charge in [-0.25, -0.2) is 0 Å². The van der Waals surface area contributed by atoms with Gasteiger partial charge in [-0.15, -0.1) is 23.3 Å². The van der Waals surface area contributed by atoms with E-state index in [2.05, 4.69) is 72.8 Å². The van der Waals surface area contributed by atoms with Gasteiger partial charge in [0, 0.05) is 76.9 Å². The maximum atomic E-state index is 6.24. The van der Waals surface area contributed by atoms with Crippen molar-refractivity contribution in [2.24, 2.45) is 0 Å². The molecule has 0 saturated carbocycles. The van der Waals surface area contributed by atoms with Gasteiger partial charge in [-0.3, -0.25) is 0 Å². The molecule has 0 unspecified atom stereocenters. The van der Waals surface area contributed by atoms with E-state index in [1.165, 1.54) is 11.1 Å². The maximum absolute atomic E-state index is 6.24. The van der Waals surface area contributed by atoms with Gasteiger partial charge in [0.2, 0.25) is 0 Å². The Morgan fingerprint density at radius 1 is 0.571 bits per heavy atom. The fourth-order valence-corrected chi connectivity index (χ4v) is 4.02. The van der Waals surface area contributed by atoms with E-state index in [-0.39, 0.29) is 65.4 Å². The Morgan fingerprint density at radius 3 is 1.43 bits per heavy atom. The fourth-order valence-electron chi connectivity index (χ4n) is 4.02. The van der Waals surface area contributed by atoms with E-state index >= 15 is 0 Å². The molecule has 1 aliphatic rings. The van der Waals surface area contributed by atoms with Gasteiger partial charge in [-0.2, -0.15) is 36.4 Å². The van der Waals surface area contributed by atoms with E-state index in [1.807, 2.05) is 36.4 Å². The van der Waals surface area contributed by atoms with Gasteiger partial charge in [0.1, 0.15) is 0 Å². The molecule has 0 aliphatic carbocycles. The molecule has 3 heteroatoms. The molecule has 0 atom stereocenters. The minimum Gasteiger partial charge on any atom is -0.508 e. The predicted octanol–water partition coefficient (Wildman–Crippen LogP) is 5.77. The molecule has 1 nitrogen and oxygen atoms in total. The van der Waals surface area contributed by atoms with Gasteiger partial charge in [0.05, 0.1) is 0 Å². The summed E-state index contributed by atoms with van der Waals surface area (Å²) in [4.78, 5) is 0. The molecule has 28 heavy (non-hydrogen) atoms. The van der Waals surface area contributed by atoms with Crippen LogP contribution in [0.3, 0.4) is 0 Å². The Hall–Kier alpha value is -1.11. The zero-order valence-corrected chi connectivity index (χ0v) is 21.0. The molecule has 0 fully saturated rings. The quantitative estimate of drug-likeness (QED) is 0.274. The second-order valence-corrected chi connectivity index (χ2v) is 6.43. The number of ether oxygens (including phenoxy) is 1. The van der Waals surface area contributed by atoms with E-state index in [1.54, 1.807) is 0 Å². The summed E-state index contributed by atoms with van der Waals surface area (Å²) >= 11 is 0. The predicted molar refractivity (Wildman–Crippen MR) is 102 cm³/mol. The van der Waals surface area contributed by atoms with Crippen LogP contribution in [0.1, 0.15) is 22.3 Å². The van der Waals surface area contributed by atoms with E-state index in [0.717, 1.165) is 22.6 Å². The van der Waals surface area contributed by atoms with Crippen LogP contribution in [-0.2, 0) is 70.8 Å². The molecule has 0 saturated heterocycles. The molecule has 0 bridgehead atoms. The minimum atomic E-state index is -0.457. The van der Waals surface area contributed by atoms with Crippen LogP contribution in [0.4, 0.5) is 0 Å². The molecular weight excluding hydrogens is 494 g/mol. The number of hydrogen-bond donors (Lipinski definition) is 0. The SMILES string of the molecule is [Y].[Y].[c-]1ccc2c(c1)C(c1ccccc1)(c1ccccc1)c1c[c-]ccc1O2. The Labute approximate surface area is 216 Å². The van der Waals surface area contributed by atoms with Crippen molar-refractivity contribution in [2.75, 3.05) is 0 Å². The molecule has 2 radical (unpaired) electrons. The van der Waals surface area contributed by atoms with Crippen LogP contribution in [0, 0.1) is 12.1 Å². The monoisotopic (exact) mass is 510 g/mol. The summed E-state index contributed by atoms with van der Waals surface area (Å²) in [7, 11) is 0. The first-order valence-corrected chi connectivity index (χ1v) is 8.71. The summed E-state index contributed by atoms with van der Waals surface area (Å²) in [5, 5.41) is 0. The van der Waals surface area contributed by atoms with Crippen LogP contribution < -0.4 is 4.74 Å². The molecule has 0 N–H and O–H groups in total. The first kappa shape index (κ1) is 21.6. The summed E-state index contributed by atoms with van der Waals surface area (Å²) in [6.45, 7) is 0. The van der Waals surface area contributed by atoms with Gasteiger partial charge >= 0.3 is 0 Å². The largest absolute Gasteiger partial charge is 0.508 e. The van der Waals surface area contributed by atoms with Gasteiger partial charge < -0.3 is 4.74 Å². The number of hydrogen-bond acceptors (Lipinski definition) is 1. The van der Waals surface area contributed by atoms with E-state index < -0.39 is 5.41 Å². The maximum Gasteiger partial charge on any atom is 0.0206 e. The third kappa shape index (κ3) is 3.37. The van der Waals surface area contributed by atoms with Gasteiger partial charge in [-0.1, -0.05) is 71.8 Å². The van der Waals surface area contributed by atoms with Crippen LogP contribution in [0.2, 0.25) is 0 Å². The molecule has 130 valence electrons. The summed E-state index contributed by atoms with van der Waals surface area (Å²) in [6, 6.07) is 39.6. The number of benzene rings is 4. The third-order valence-corrected chi connectivity index (χ3v) is 5.09. The van der Waals surface area contributed by atoms with Crippen molar-refractivity contribution in [3.8, 4) is 11.5 Å². The molecule has 0 amide bonds. The number of fused-ring (bicyclic) bond motifs is 2. The zero-order valence-electron chi connectivity index (χ0n) is 15.3. The Morgan fingerprint density at radius 2 is 1.00 bits per heavy atom. The molecule has 4 aromatic carbocycles. The van der Waals surface area contributed by atoms with E-state index in [9.17, 15) is 0 Å². The van der Waals surface area contributed by atoms with Crippen molar-refractivity contribution < 1.29 is 70.2 Å². The van der Waals surface area contributed by atoms with Gasteiger partial charge in [0.25, 0.3) is 0 Å². The smallest absolute Gasteiger partial charge is 0.0206 e. The summed E-state index contributed by atoms with van der Waals surface area (Å²) < 4.78 is 6.24. The summed E-state index contributed by atoms with van der Waals surface area (Å²) in [5.74, 6) is 1.74. The minimum absolute atomic E-state index is 0. The van der Waals surface area contributed by atoms with Crippen molar-refractivity contribution in [1.82, 2.24) is 0 Å². The van der Waals surface area contributed by atoms with Crippen LogP contribution in [0.15, 0.2) is 97.1 Å². The van der Waals surface area contributed by atoms with Crippen molar-refractivity contribution >= 4 is 0 Å². The molecule has 1 heterocycles. The average Bonchev–Trinajstić information content (AvgIpc) is 2.73.